The van der Waals surface area contributed by atoms with Gasteiger partial charge in [0, 0.05) is 19.6 Å². The standard InChI is InChI=1S/C22H27FN4O4S.C2HF3O2/c23-17-6-3-7-19(11-17)32(30,31)25-18-12-20(22(28)29)21(24-13-18)27-10-4-5-16(15-27)14-26-8-1-2-9-26;3-2(4,5)1(6)7/h3,6-7,11-13,16,25H,1-2,4-5,8-10,14-15H2,(H,28,29);(H,6,7). The van der Waals surface area contributed by atoms with Crippen LogP contribution in [-0.2, 0) is 14.8 Å². The Hall–Kier alpha value is -3.46. The number of hydrogen-bond acceptors (Lipinski definition) is 7. The lowest BCUT2D eigenvalue weighted by Gasteiger charge is -2.36. The van der Waals surface area contributed by atoms with Crippen molar-refractivity contribution in [1.82, 2.24) is 9.88 Å². The van der Waals surface area contributed by atoms with Gasteiger partial charge >= 0.3 is 18.1 Å². The van der Waals surface area contributed by atoms with Gasteiger partial charge in [-0.25, -0.2) is 27.4 Å². The van der Waals surface area contributed by atoms with E-state index >= 15 is 0 Å². The van der Waals surface area contributed by atoms with E-state index in [2.05, 4.69) is 14.6 Å². The van der Waals surface area contributed by atoms with E-state index in [0.717, 1.165) is 51.2 Å². The van der Waals surface area contributed by atoms with Crippen LogP contribution < -0.4 is 9.62 Å². The number of alkyl halides is 3. The number of aromatic carboxylic acids is 1. The van der Waals surface area contributed by atoms with Gasteiger partial charge in [-0.3, -0.25) is 4.72 Å². The first-order valence-electron chi connectivity index (χ1n) is 12.1. The molecule has 0 bridgehead atoms. The molecule has 214 valence electrons. The molecule has 4 rings (SSSR count). The maximum Gasteiger partial charge on any atom is 0.490 e. The van der Waals surface area contributed by atoms with Gasteiger partial charge in [-0.2, -0.15) is 13.2 Å². The van der Waals surface area contributed by atoms with Crippen LogP contribution in [0.2, 0.25) is 0 Å². The number of piperidine rings is 1. The second-order valence-corrected chi connectivity index (χ2v) is 10.9. The van der Waals surface area contributed by atoms with Gasteiger partial charge in [-0.1, -0.05) is 6.07 Å². The van der Waals surface area contributed by atoms with E-state index in [4.69, 9.17) is 9.90 Å². The molecule has 2 aliphatic rings. The van der Waals surface area contributed by atoms with Gasteiger partial charge in [0.2, 0.25) is 0 Å². The van der Waals surface area contributed by atoms with Crippen molar-refractivity contribution in [2.45, 2.75) is 36.8 Å². The Bertz CT molecular complexity index is 1290. The summed E-state index contributed by atoms with van der Waals surface area (Å²) < 4.78 is 72.6. The zero-order valence-corrected chi connectivity index (χ0v) is 21.5. The number of sulfonamides is 1. The third kappa shape index (κ3) is 8.51. The summed E-state index contributed by atoms with van der Waals surface area (Å²) in [5.41, 5.74) is -0.0488. The zero-order valence-electron chi connectivity index (χ0n) is 20.7. The van der Waals surface area contributed by atoms with Gasteiger partial charge in [0.05, 0.1) is 16.8 Å². The van der Waals surface area contributed by atoms with Crippen LogP contribution in [-0.4, -0.2) is 79.4 Å². The number of carboxylic acids is 2. The summed E-state index contributed by atoms with van der Waals surface area (Å²) in [7, 11) is -4.08. The van der Waals surface area contributed by atoms with Crippen LogP contribution in [0.25, 0.3) is 0 Å². The fourth-order valence-corrected chi connectivity index (χ4v) is 5.57. The van der Waals surface area contributed by atoms with E-state index in [1.54, 1.807) is 0 Å². The Morgan fingerprint density at radius 1 is 1.08 bits per heavy atom. The van der Waals surface area contributed by atoms with E-state index in [9.17, 15) is 35.9 Å². The average Bonchev–Trinajstić information content (AvgIpc) is 3.37. The molecule has 0 amide bonds. The van der Waals surface area contributed by atoms with E-state index in [1.807, 2.05) is 4.90 Å². The molecule has 1 aromatic heterocycles. The number of aliphatic carboxylic acids is 1. The first kappa shape index (κ1) is 30.1. The van der Waals surface area contributed by atoms with Crippen molar-refractivity contribution in [3.05, 3.63) is 47.9 Å². The van der Waals surface area contributed by atoms with Crippen molar-refractivity contribution < 1.29 is 45.8 Å². The number of nitrogens with one attached hydrogen (secondary N) is 1. The molecule has 2 saturated heterocycles. The lowest BCUT2D eigenvalue weighted by atomic mass is 9.97. The first-order valence-corrected chi connectivity index (χ1v) is 13.5. The van der Waals surface area contributed by atoms with E-state index < -0.39 is 34.0 Å². The number of benzene rings is 1. The molecule has 3 heterocycles. The van der Waals surface area contributed by atoms with Gasteiger partial charge in [0.15, 0.2) is 0 Å². The average molecular weight is 577 g/mol. The molecule has 0 radical (unpaired) electrons. The molecule has 0 spiro atoms. The molecule has 39 heavy (non-hydrogen) atoms. The number of carbonyl (C=O) groups is 2. The summed E-state index contributed by atoms with van der Waals surface area (Å²) in [6.07, 6.45) is 0.735. The number of carboxylic acid groups (broad SMARTS) is 2. The topological polar surface area (TPSA) is 140 Å². The molecule has 1 unspecified atom stereocenters. The van der Waals surface area contributed by atoms with Crippen LogP contribution in [0.4, 0.5) is 29.1 Å². The lowest BCUT2D eigenvalue weighted by molar-refractivity contribution is -0.192. The maximum absolute atomic E-state index is 13.4. The van der Waals surface area contributed by atoms with Gasteiger partial charge in [-0.15, -0.1) is 0 Å². The number of anilines is 2. The number of hydrogen-bond donors (Lipinski definition) is 3. The molecule has 15 heteroatoms. The van der Waals surface area contributed by atoms with E-state index in [-0.39, 0.29) is 16.1 Å². The summed E-state index contributed by atoms with van der Waals surface area (Å²) in [6.45, 7) is 4.67. The molecule has 1 atom stereocenters. The maximum atomic E-state index is 13.4. The molecule has 10 nitrogen and oxygen atoms in total. The second kappa shape index (κ2) is 12.6. The van der Waals surface area contributed by atoms with Crippen molar-refractivity contribution in [3.8, 4) is 0 Å². The second-order valence-electron chi connectivity index (χ2n) is 9.23. The SMILES string of the molecule is O=C(O)C(F)(F)F.O=C(O)c1cc(NS(=O)(=O)c2cccc(F)c2)cnc1N1CCCC(CN2CCCC2)C1. The molecule has 0 saturated carbocycles. The van der Waals surface area contributed by atoms with Crippen molar-refractivity contribution in [2.75, 3.05) is 42.3 Å². The number of aromatic nitrogens is 1. The first-order chi connectivity index (χ1) is 18.3. The summed E-state index contributed by atoms with van der Waals surface area (Å²) in [5, 5.41) is 16.9. The number of halogens is 4. The monoisotopic (exact) mass is 576 g/mol. The van der Waals surface area contributed by atoms with Crippen LogP contribution in [0, 0.1) is 11.7 Å². The molecular formula is C24H28F4N4O6S. The smallest absolute Gasteiger partial charge is 0.478 e. The molecule has 1 aromatic carbocycles. The number of likely N-dealkylation sites (tertiary alicyclic amines) is 1. The van der Waals surface area contributed by atoms with Crippen molar-refractivity contribution in [3.63, 3.8) is 0 Å². The molecule has 2 aliphatic heterocycles. The molecule has 0 aliphatic carbocycles. The molecule has 2 aromatic rings. The Labute approximate surface area is 222 Å². The van der Waals surface area contributed by atoms with Crippen LogP contribution >= 0.6 is 0 Å². The molecule has 2 fully saturated rings. The van der Waals surface area contributed by atoms with Gasteiger partial charge in [0.1, 0.15) is 17.2 Å². The normalized spacial score (nSPS) is 18.3. The highest BCUT2D eigenvalue weighted by molar-refractivity contribution is 7.92. The molecule has 3 N–H and O–H groups in total. The largest absolute Gasteiger partial charge is 0.490 e. The Morgan fingerprint density at radius 3 is 2.33 bits per heavy atom. The third-order valence-electron chi connectivity index (χ3n) is 6.23. The van der Waals surface area contributed by atoms with Crippen LogP contribution in [0.15, 0.2) is 41.4 Å². The quantitative estimate of drug-likeness (QED) is 0.421. The summed E-state index contributed by atoms with van der Waals surface area (Å²) in [4.78, 5) is 29.4. The van der Waals surface area contributed by atoms with Crippen molar-refractivity contribution >= 4 is 33.5 Å². The summed E-state index contributed by atoms with van der Waals surface area (Å²) in [5.74, 6) is -3.83. The minimum Gasteiger partial charge on any atom is -0.478 e. The van der Waals surface area contributed by atoms with E-state index in [1.165, 1.54) is 37.2 Å². The molecular weight excluding hydrogens is 548 g/mol. The van der Waals surface area contributed by atoms with Gasteiger partial charge in [0.25, 0.3) is 10.0 Å². The number of rotatable bonds is 7. The minimum absolute atomic E-state index is 0.0148. The lowest BCUT2D eigenvalue weighted by Crippen LogP contribution is -2.41. The van der Waals surface area contributed by atoms with Crippen molar-refractivity contribution in [1.29, 1.82) is 0 Å². The number of nitrogens with zero attached hydrogens (tertiary/aromatic N) is 3. The van der Waals surface area contributed by atoms with Gasteiger partial charge in [-0.05, 0) is 69.0 Å². The highest BCUT2D eigenvalue weighted by Gasteiger charge is 2.38. The zero-order chi connectivity index (χ0) is 28.8. The minimum atomic E-state index is -5.08. The highest BCUT2D eigenvalue weighted by Crippen LogP contribution is 2.28. The Kier molecular flexibility index (Phi) is 9.72. The third-order valence-corrected chi connectivity index (χ3v) is 7.61. The van der Waals surface area contributed by atoms with Gasteiger partial charge < -0.3 is 20.0 Å². The Morgan fingerprint density at radius 2 is 1.74 bits per heavy atom. The van der Waals surface area contributed by atoms with Crippen LogP contribution in [0.3, 0.4) is 0 Å². The summed E-state index contributed by atoms with van der Waals surface area (Å²) >= 11 is 0. The highest BCUT2D eigenvalue weighted by atomic mass is 32.2. The fourth-order valence-electron chi connectivity index (χ4n) is 4.51. The predicted octanol–water partition coefficient (Wildman–Crippen LogP) is 3.67. The van der Waals surface area contributed by atoms with Crippen LogP contribution in [0.1, 0.15) is 36.0 Å². The Balaban J connectivity index is 0.000000532. The van der Waals surface area contributed by atoms with E-state index in [0.29, 0.717) is 18.3 Å². The van der Waals surface area contributed by atoms with Crippen molar-refractivity contribution in [2.24, 2.45) is 5.92 Å². The van der Waals surface area contributed by atoms with Crippen LogP contribution in [0.5, 0.6) is 0 Å². The predicted molar refractivity (Wildman–Crippen MR) is 133 cm³/mol. The number of pyridine rings is 1. The fraction of sp³-hybridized carbons (Fsp3) is 0.458. The summed E-state index contributed by atoms with van der Waals surface area (Å²) in [6, 6.07) is 5.87.